The van der Waals surface area contributed by atoms with Gasteiger partial charge in [0.05, 0.1) is 12.8 Å². The SMILES string of the molecule is CCCC(=O)N/N=C/c1cccc(OCCO)c1. The monoisotopic (exact) mass is 250 g/mol. The fourth-order valence-electron chi connectivity index (χ4n) is 1.31. The van der Waals surface area contributed by atoms with Gasteiger partial charge in [-0.15, -0.1) is 0 Å². The molecule has 0 heterocycles. The first kappa shape index (κ1) is 14.2. The minimum atomic E-state index is -0.0959. The summed E-state index contributed by atoms with van der Waals surface area (Å²) in [6.45, 7) is 2.17. The molecular formula is C13H18N2O3. The van der Waals surface area contributed by atoms with Gasteiger partial charge in [-0.2, -0.15) is 5.10 Å². The number of aliphatic hydroxyl groups excluding tert-OH is 1. The molecule has 0 unspecified atom stereocenters. The van der Waals surface area contributed by atoms with Gasteiger partial charge in [-0.05, 0) is 24.1 Å². The second-order valence-electron chi connectivity index (χ2n) is 3.69. The van der Waals surface area contributed by atoms with E-state index in [9.17, 15) is 4.79 Å². The van der Waals surface area contributed by atoms with Crippen LogP contribution < -0.4 is 10.2 Å². The summed E-state index contributed by atoms with van der Waals surface area (Å²) in [7, 11) is 0. The normalized spacial score (nSPS) is 10.6. The standard InChI is InChI=1S/C13H18N2O3/c1-2-4-13(17)15-14-10-11-5-3-6-12(9-11)18-8-7-16/h3,5-6,9-10,16H,2,4,7-8H2,1H3,(H,15,17)/b14-10+. The third-order valence-electron chi connectivity index (χ3n) is 2.10. The molecule has 0 fully saturated rings. The van der Waals surface area contributed by atoms with E-state index in [0.717, 1.165) is 12.0 Å². The molecule has 5 nitrogen and oxygen atoms in total. The van der Waals surface area contributed by atoms with Gasteiger partial charge in [-0.25, -0.2) is 5.43 Å². The molecule has 1 aromatic rings. The first-order valence-electron chi connectivity index (χ1n) is 5.92. The van der Waals surface area contributed by atoms with Crippen LogP contribution in [0, 0.1) is 0 Å². The first-order chi connectivity index (χ1) is 8.76. The number of hydrogen-bond donors (Lipinski definition) is 2. The highest BCUT2D eigenvalue weighted by molar-refractivity contribution is 5.82. The van der Waals surface area contributed by atoms with Crippen LogP contribution in [0.15, 0.2) is 29.4 Å². The molecule has 0 aliphatic carbocycles. The summed E-state index contributed by atoms with van der Waals surface area (Å²) in [5.41, 5.74) is 3.27. The number of carbonyl (C=O) groups excluding carboxylic acids is 1. The van der Waals surface area contributed by atoms with Crippen LogP contribution in [-0.2, 0) is 4.79 Å². The molecule has 0 aliphatic heterocycles. The zero-order valence-electron chi connectivity index (χ0n) is 10.4. The van der Waals surface area contributed by atoms with Gasteiger partial charge >= 0.3 is 0 Å². The lowest BCUT2D eigenvalue weighted by atomic mass is 10.2. The maximum absolute atomic E-state index is 11.2. The molecular weight excluding hydrogens is 232 g/mol. The van der Waals surface area contributed by atoms with Gasteiger partial charge in [0, 0.05) is 6.42 Å². The van der Waals surface area contributed by atoms with Crippen molar-refractivity contribution in [1.29, 1.82) is 0 Å². The molecule has 2 N–H and O–H groups in total. The number of amides is 1. The molecule has 0 radical (unpaired) electrons. The minimum absolute atomic E-state index is 0.0224. The largest absolute Gasteiger partial charge is 0.491 e. The van der Waals surface area contributed by atoms with E-state index < -0.39 is 0 Å². The van der Waals surface area contributed by atoms with E-state index in [1.165, 1.54) is 0 Å². The highest BCUT2D eigenvalue weighted by atomic mass is 16.5. The summed E-state index contributed by atoms with van der Waals surface area (Å²) in [4.78, 5) is 11.2. The number of hydrogen-bond acceptors (Lipinski definition) is 4. The van der Waals surface area contributed by atoms with Crippen LogP contribution in [0.25, 0.3) is 0 Å². The highest BCUT2D eigenvalue weighted by Crippen LogP contribution is 2.11. The van der Waals surface area contributed by atoms with Gasteiger partial charge in [0.1, 0.15) is 12.4 Å². The van der Waals surface area contributed by atoms with Gasteiger partial charge in [0.15, 0.2) is 0 Å². The molecule has 0 aliphatic rings. The van der Waals surface area contributed by atoms with E-state index in [4.69, 9.17) is 9.84 Å². The molecule has 1 amide bonds. The van der Waals surface area contributed by atoms with E-state index in [1.54, 1.807) is 18.3 Å². The van der Waals surface area contributed by atoms with Crippen LogP contribution in [-0.4, -0.2) is 30.4 Å². The summed E-state index contributed by atoms with van der Waals surface area (Å²) >= 11 is 0. The van der Waals surface area contributed by atoms with Gasteiger partial charge in [-0.1, -0.05) is 19.1 Å². The van der Waals surface area contributed by atoms with Crippen LogP contribution in [0.3, 0.4) is 0 Å². The van der Waals surface area contributed by atoms with Crippen molar-refractivity contribution >= 4 is 12.1 Å². The molecule has 98 valence electrons. The molecule has 0 aromatic heterocycles. The lowest BCUT2D eigenvalue weighted by Gasteiger charge is -2.04. The van der Waals surface area contributed by atoms with E-state index in [-0.39, 0.29) is 19.1 Å². The van der Waals surface area contributed by atoms with Crippen LogP contribution in [0.4, 0.5) is 0 Å². The lowest BCUT2D eigenvalue weighted by Crippen LogP contribution is -2.16. The van der Waals surface area contributed by atoms with E-state index >= 15 is 0 Å². The third kappa shape index (κ3) is 5.45. The van der Waals surface area contributed by atoms with Crippen molar-refractivity contribution < 1.29 is 14.6 Å². The van der Waals surface area contributed by atoms with Gasteiger partial charge in [0.25, 0.3) is 0 Å². The Morgan fingerprint density at radius 3 is 3.11 bits per heavy atom. The summed E-state index contributed by atoms with van der Waals surface area (Å²) in [5.74, 6) is 0.564. The van der Waals surface area contributed by atoms with Crippen LogP contribution in [0.2, 0.25) is 0 Å². The second-order valence-corrected chi connectivity index (χ2v) is 3.69. The van der Waals surface area contributed by atoms with Crippen LogP contribution in [0.1, 0.15) is 25.3 Å². The number of nitrogens with zero attached hydrogens (tertiary/aromatic N) is 1. The van der Waals surface area contributed by atoms with Crippen molar-refractivity contribution in [2.45, 2.75) is 19.8 Å². The van der Waals surface area contributed by atoms with Gasteiger partial charge in [0.2, 0.25) is 5.91 Å². The predicted molar refractivity (Wildman–Crippen MR) is 69.7 cm³/mol. The molecule has 0 saturated carbocycles. The van der Waals surface area contributed by atoms with Crippen molar-refractivity contribution in [2.24, 2.45) is 5.10 Å². The van der Waals surface area contributed by atoms with Crippen molar-refractivity contribution in [3.8, 4) is 5.75 Å². The Hall–Kier alpha value is -1.88. The fourth-order valence-corrected chi connectivity index (χ4v) is 1.31. The fraction of sp³-hybridized carbons (Fsp3) is 0.385. The molecule has 1 rings (SSSR count). The Bertz CT molecular complexity index is 405. The quantitative estimate of drug-likeness (QED) is 0.566. The highest BCUT2D eigenvalue weighted by Gasteiger charge is 1.96. The molecule has 18 heavy (non-hydrogen) atoms. The smallest absolute Gasteiger partial charge is 0.240 e. The average molecular weight is 250 g/mol. The average Bonchev–Trinajstić information content (AvgIpc) is 2.37. The third-order valence-corrected chi connectivity index (χ3v) is 2.10. The lowest BCUT2D eigenvalue weighted by molar-refractivity contribution is -0.121. The summed E-state index contributed by atoms with van der Waals surface area (Å²) < 4.78 is 5.26. The number of carbonyl (C=O) groups is 1. The van der Waals surface area contributed by atoms with Crippen LogP contribution in [0.5, 0.6) is 5.75 Å². The van der Waals surface area contributed by atoms with Crippen molar-refractivity contribution in [2.75, 3.05) is 13.2 Å². The maximum Gasteiger partial charge on any atom is 0.240 e. The number of benzene rings is 1. The van der Waals surface area contributed by atoms with Crippen molar-refractivity contribution in [3.05, 3.63) is 29.8 Å². The van der Waals surface area contributed by atoms with E-state index in [2.05, 4.69) is 10.5 Å². The van der Waals surface area contributed by atoms with Crippen LogP contribution >= 0.6 is 0 Å². The predicted octanol–water partition coefficient (Wildman–Crippen LogP) is 1.31. The van der Waals surface area contributed by atoms with Gasteiger partial charge in [-0.3, -0.25) is 4.79 Å². The summed E-state index contributed by atoms with van der Waals surface area (Å²) in [5, 5.41) is 12.5. The molecule has 0 saturated heterocycles. The Balaban J connectivity index is 2.50. The zero-order chi connectivity index (χ0) is 13.2. The van der Waals surface area contributed by atoms with Crippen molar-refractivity contribution in [1.82, 2.24) is 5.43 Å². The second kappa shape index (κ2) is 8.25. The Labute approximate surface area is 106 Å². The Kier molecular flexibility index (Phi) is 6.50. The van der Waals surface area contributed by atoms with E-state index in [1.807, 2.05) is 19.1 Å². The summed E-state index contributed by atoms with van der Waals surface area (Å²) in [6, 6.07) is 7.25. The molecule has 1 aromatic carbocycles. The van der Waals surface area contributed by atoms with Gasteiger partial charge < -0.3 is 9.84 Å². The van der Waals surface area contributed by atoms with Crippen molar-refractivity contribution in [3.63, 3.8) is 0 Å². The molecule has 5 heteroatoms. The first-order valence-corrected chi connectivity index (χ1v) is 5.92. The number of hydrazone groups is 1. The molecule has 0 spiro atoms. The number of nitrogens with one attached hydrogen (secondary N) is 1. The maximum atomic E-state index is 11.2. The zero-order valence-corrected chi connectivity index (χ0v) is 10.4. The minimum Gasteiger partial charge on any atom is -0.491 e. The Morgan fingerprint density at radius 1 is 1.56 bits per heavy atom. The van der Waals surface area contributed by atoms with E-state index in [0.29, 0.717) is 12.2 Å². The number of ether oxygens (including phenoxy) is 1. The molecule has 0 bridgehead atoms. The summed E-state index contributed by atoms with van der Waals surface area (Å²) in [6.07, 6.45) is 2.82. The number of aliphatic hydroxyl groups is 1. The molecule has 0 atom stereocenters. The topological polar surface area (TPSA) is 70.9 Å². The number of rotatable bonds is 7. The Morgan fingerprint density at radius 2 is 2.39 bits per heavy atom.